The third-order valence-electron chi connectivity index (χ3n) is 3.50. The molecule has 5 heteroatoms. The van der Waals surface area contributed by atoms with Gasteiger partial charge in [-0.1, -0.05) is 18.0 Å². The van der Waals surface area contributed by atoms with E-state index < -0.39 is 0 Å². The highest BCUT2D eigenvalue weighted by Gasteiger charge is 2.23. The maximum Gasteiger partial charge on any atom is 0.123 e. The number of nitrogens with two attached hydrogens (primary N) is 1. The summed E-state index contributed by atoms with van der Waals surface area (Å²) in [6.07, 6.45) is 4.39. The molecular formula is C13H20ClN3O. The summed E-state index contributed by atoms with van der Waals surface area (Å²) < 4.78 is 0. The van der Waals surface area contributed by atoms with Crippen molar-refractivity contribution in [2.75, 3.05) is 18.9 Å². The molecule has 0 aromatic carbocycles. The summed E-state index contributed by atoms with van der Waals surface area (Å²) in [5.74, 6) is 0.505. The quantitative estimate of drug-likeness (QED) is 0.878. The SMILES string of the molecule is Nc1ccc(Cl)c(CN2CCCCC2CCO)n1. The Labute approximate surface area is 113 Å². The van der Waals surface area contributed by atoms with Crippen molar-refractivity contribution in [3.05, 3.63) is 22.8 Å². The molecule has 1 aliphatic heterocycles. The molecule has 1 aromatic rings. The zero-order valence-electron chi connectivity index (χ0n) is 10.5. The van der Waals surface area contributed by atoms with E-state index in [1.807, 2.05) is 0 Å². The fourth-order valence-corrected chi connectivity index (χ4v) is 2.71. The highest BCUT2D eigenvalue weighted by Crippen LogP contribution is 2.24. The van der Waals surface area contributed by atoms with Crippen LogP contribution >= 0.6 is 11.6 Å². The highest BCUT2D eigenvalue weighted by molar-refractivity contribution is 6.31. The number of nitrogens with zero attached hydrogens (tertiary/aromatic N) is 2. The number of likely N-dealkylation sites (tertiary alicyclic amines) is 1. The van der Waals surface area contributed by atoms with Gasteiger partial charge in [0.05, 0.1) is 10.7 Å². The van der Waals surface area contributed by atoms with Gasteiger partial charge in [-0.15, -0.1) is 0 Å². The molecule has 100 valence electrons. The van der Waals surface area contributed by atoms with E-state index in [1.54, 1.807) is 12.1 Å². The molecule has 0 aliphatic carbocycles. The Morgan fingerprint density at radius 3 is 3.06 bits per heavy atom. The molecule has 1 aliphatic rings. The van der Waals surface area contributed by atoms with Crippen LogP contribution < -0.4 is 5.73 Å². The molecular weight excluding hydrogens is 250 g/mol. The molecule has 4 nitrogen and oxygen atoms in total. The normalized spacial score (nSPS) is 21.1. The third-order valence-corrected chi connectivity index (χ3v) is 3.85. The largest absolute Gasteiger partial charge is 0.396 e. The van der Waals surface area contributed by atoms with Crippen LogP contribution in [0, 0.1) is 0 Å². The van der Waals surface area contributed by atoms with Gasteiger partial charge in [0, 0.05) is 19.2 Å². The van der Waals surface area contributed by atoms with Crippen LogP contribution in [-0.2, 0) is 6.54 Å². The van der Waals surface area contributed by atoms with Gasteiger partial charge in [0.15, 0.2) is 0 Å². The summed E-state index contributed by atoms with van der Waals surface area (Å²) in [4.78, 5) is 6.66. The maximum atomic E-state index is 9.11. The Hall–Kier alpha value is -0.840. The monoisotopic (exact) mass is 269 g/mol. The van der Waals surface area contributed by atoms with Gasteiger partial charge < -0.3 is 10.8 Å². The number of rotatable bonds is 4. The van der Waals surface area contributed by atoms with E-state index in [0.717, 1.165) is 25.1 Å². The van der Waals surface area contributed by atoms with Crippen molar-refractivity contribution in [3.8, 4) is 0 Å². The van der Waals surface area contributed by atoms with E-state index in [1.165, 1.54) is 12.8 Å². The van der Waals surface area contributed by atoms with Gasteiger partial charge in [-0.05, 0) is 37.9 Å². The number of halogens is 1. The first-order valence-electron chi connectivity index (χ1n) is 6.46. The highest BCUT2D eigenvalue weighted by atomic mass is 35.5. The number of aromatic nitrogens is 1. The van der Waals surface area contributed by atoms with Crippen molar-refractivity contribution in [3.63, 3.8) is 0 Å². The second-order valence-electron chi connectivity index (χ2n) is 4.80. The van der Waals surface area contributed by atoms with E-state index in [0.29, 0.717) is 23.4 Å². The average Bonchev–Trinajstić information content (AvgIpc) is 2.36. The first kappa shape index (κ1) is 13.6. The predicted molar refractivity (Wildman–Crippen MR) is 73.4 cm³/mol. The minimum Gasteiger partial charge on any atom is -0.396 e. The number of hydrogen-bond donors (Lipinski definition) is 2. The van der Waals surface area contributed by atoms with Gasteiger partial charge in [0.2, 0.25) is 0 Å². The first-order chi connectivity index (χ1) is 8.70. The van der Waals surface area contributed by atoms with Gasteiger partial charge in [0.1, 0.15) is 5.82 Å². The molecule has 0 saturated carbocycles. The van der Waals surface area contributed by atoms with Crippen molar-refractivity contribution < 1.29 is 5.11 Å². The Bertz CT molecular complexity index is 398. The fraction of sp³-hybridized carbons (Fsp3) is 0.615. The molecule has 0 spiro atoms. The lowest BCUT2D eigenvalue weighted by Crippen LogP contribution is -2.39. The number of aliphatic hydroxyl groups is 1. The van der Waals surface area contributed by atoms with Gasteiger partial charge in [-0.25, -0.2) is 4.98 Å². The summed E-state index contributed by atoms with van der Waals surface area (Å²) in [7, 11) is 0. The molecule has 1 aromatic heterocycles. The Morgan fingerprint density at radius 1 is 1.44 bits per heavy atom. The Morgan fingerprint density at radius 2 is 2.28 bits per heavy atom. The molecule has 0 amide bonds. The van der Waals surface area contributed by atoms with Crippen molar-refractivity contribution in [1.29, 1.82) is 0 Å². The van der Waals surface area contributed by atoms with Crippen LogP contribution in [0.1, 0.15) is 31.4 Å². The third kappa shape index (κ3) is 3.34. The molecule has 1 fully saturated rings. The zero-order chi connectivity index (χ0) is 13.0. The summed E-state index contributed by atoms with van der Waals surface area (Å²) in [5, 5.41) is 9.78. The minimum atomic E-state index is 0.235. The topological polar surface area (TPSA) is 62.4 Å². The van der Waals surface area contributed by atoms with Crippen LogP contribution in [-0.4, -0.2) is 34.2 Å². The lowest BCUT2D eigenvalue weighted by atomic mass is 9.99. The summed E-state index contributed by atoms with van der Waals surface area (Å²) in [6, 6.07) is 3.94. The fourth-order valence-electron chi connectivity index (χ4n) is 2.55. The number of pyridine rings is 1. The summed E-state index contributed by atoms with van der Waals surface area (Å²) in [6.45, 7) is 1.99. The second kappa shape index (κ2) is 6.36. The van der Waals surface area contributed by atoms with Crippen LogP contribution in [0.15, 0.2) is 12.1 Å². The van der Waals surface area contributed by atoms with Gasteiger partial charge in [-0.2, -0.15) is 0 Å². The van der Waals surface area contributed by atoms with Crippen LogP contribution in [0.2, 0.25) is 5.02 Å². The summed E-state index contributed by atoms with van der Waals surface area (Å²) in [5.41, 5.74) is 6.53. The van der Waals surface area contributed by atoms with E-state index >= 15 is 0 Å². The van der Waals surface area contributed by atoms with E-state index in [4.69, 9.17) is 22.4 Å². The number of aliphatic hydroxyl groups excluding tert-OH is 1. The van der Waals surface area contributed by atoms with E-state index in [-0.39, 0.29) is 6.61 Å². The zero-order valence-corrected chi connectivity index (χ0v) is 11.2. The van der Waals surface area contributed by atoms with Crippen molar-refractivity contribution in [2.24, 2.45) is 0 Å². The smallest absolute Gasteiger partial charge is 0.123 e. The first-order valence-corrected chi connectivity index (χ1v) is 6.84. The minimum absolute atomic E-state index is 0.235. The van der Waals surface area contributed by atoms with Gasteiger partial charge >= 0.3 is 0 Å². The standard InChI is InChI=1S/C13H20ClN3O/c14-11-4-5-13(15)16-12(11)9-17-7-2-1-3-10(17)6-8-18/h4-5,10,18H,1-3,6-9H2,(H2,15,16). The van der Waals surface area contributed by atoms with Crippen molar-refractivity contribution in [2.45, 2.75) is 38.3 Å². The van der Waals surface area contributed by atoms with Crippen LogP contribution in [0.25, 0.3) is 0 Å². The molecule has 1 unspecified atom stereocenters. The summed E-state index contributed by atoms with van der Waals surface area (Å²) >= 11 is 6.15. The maximum absolute atomic E-state index is 9.11. The van der Waals surface area contributed by atoms with Gasteiger partial charge in [-0.3, -0.25) is 4.90 Å². The molecule has 2 heterocycles. The van der Waals surface area contributed by atoms with E-state index in [9.17, 15) is 0 Å². The van der Waals surface area contributed by atoms with Crippen LogP contribution in [0.5, 0.6) is 0 Å². The van der Waals surface area contributed by atoms with Crippen molar-refractivity contribution >= 4 is 17.4 Å². The van der Waals surface area contributed by atoms with Crippen LogP contribution in [0.3, 0.4) is 0 Å². The van der Waals surface area contributed by atoms with Gasteiger partial charge in [0.25, 0.3) is 0 Å². The number of piperidine rings is 1. The van der Waals surface area contributed by atoms with E-state index in [2.05, 4.69) is 9.88 Å². The molecule has 1 atom stereocenters. The second-order valence-corrected chi connectivity index (χ2v) is 5.20. The average molecular weight is 270 g/mol. The predicted octanol–water partition coefficient (Wildman–Crippen LogP) is 2.05. The molecule has 2 rings (SSSR count). The number of nitrogen functional groups attached to an aromatic ring is 1. The lowest BCUT2D eigenvalue weighted by molar-refractivity contribution is 0.111. The molecule has 1 saturated heterocycles. The molecule has 18 heavy (non-hydrogen) atoms. The Balaban J connectivity index is 2.08. The molecule has 3 N–H and O–H groups in total. The number of hydrogen-bond acceptors (Lipinski definition) is 4. The lowest BCUT2D eigenvalue weighted by Gasteiger charge is -2.35. The number of anilines is 1. The molecule has 0 bridgehead atoms. The van der Waals surface area contributed by atoms with Crippen LogP contribution in [0.4, 0.5) is 5.82 Å². The van der Waals surface area contributed by atoms with Crippen molar-refractivity contribution in [1.82, 2.24) is 9.88 Å². The Kier molecular flexibility index (Phi) is 4.80. The molecule has 0 radical (unpaired) electrons.